The van der Waals surface area contributed by atoms with Gasteiger partial charge in [-0.1, -0.05) is 24.6 Å². The monoisotopic (exact) mass is 328 g/mol. The molecular formula is C13H13IO2. The van der Waals surface area contributed by atoms with Gasteiger partial charge in [0.05, 0.1) is 10.2 Å². The van der Waals surface area contributed by atoms with E-state index >= 15 is 0 Å². The Hall–Kier alpha value is -0.990. The van der Waals surface area contributed by atoms with E-state index in [-0.39, 0.29) is 0 Å². The summed E-state index contributed by atoms with van der Waals surface area (Å²) in [5.74, 6) is 3.26. The minimum absolute atomic E-state index is 0.307. The largest absolute Gasteiger partial charge is 0.488 e. The third-order valence-corrected chi connectivity index (χ3v) is 2.65. The Morgan fingerprint density at radius 3 is 2.81 bits per heavy atom. The highest BCUT2D eigenvalue weighted by Gasteiger charge is 2.00. The van der Waals surface area contributed by atoms with Crippen LogP contribution in [-0.2, 0) is 4.74 Å². The first-order valence-electron chi connectivity index (χ1n) is 4.79. The molecule has 0 saturated heterocycles. The van der Waals surface area contributed by atoms with Crippen LogP contribution in [0.2, 0.25) is 0 Å². The maximum absolute atomic E-state index is 5.59. The van der Waals surface area contributed by atoms with E-state index in [4.69, 9.17) is 15.9 Å². The highest BCUT2D eigenvalue weighted by atomic mass is 127. The van der Waals surface area contributed by atoms with Crippen LogP contribution in [0.15, 0.2) is 36.4 Å². The van der Waals surface area contributed by atoms with Crippen molar-refractivity contribution < 1.29 is 9.47 Å². The average molecular weight is 328 g/mol. The lowest BCUT2D eigenvalue weighted by Crippen LogP contribution is -2.07. The van der Waals surface area contributed by atoms with Crippen LogP contribution >= 0.6 is 22.6 Å². The second-order valence-electron chi connectivity index (χ2n) is 3.17. The summed E-state index contributed by atoms with van der Waals surface area (Å²) in [6.07, 6.45) is 5.06. The summed E-state index contributed by atoms with van der Waals surface area (Å²) in [7, 11) is 0. The van der Waals surface area contributed by atoms with Gasteiger partial charge in [-0.2, -0.15) is 0 Å². The summed E-state index contributed by atoms with van der Waals surface area (Å²) in [6.45, 7) is 5.04. The van der Waals surface area contributed by atoms with E-state index in [1.165, 1.54) is 0 Å². The average Bonchev–Trinajstić information content (AvgIpc) is 2.28. The van der Waals surface area contributed by atoms with E-state index < -0.39 is 0 Å². The number of halogens is 1. The van der Waals surface area contributed by atoms with E-state index in [9.17, 15) is 0 Å². The van der Waals surface area contributed by atoms with Gasteiger partial charge in [-0.05, 0) is 40.3 Å². The molecule has 0 aliphatic carbocycles. The van der Waals surface area contributed by atoms with Gasteiger partial charge in [-0.25, -0.2) is 0 Å². The highest BCUT2D eigenvalue weighted by molar-refractivity contribution is 14.1. The van der Waals surface area contributed by atoms with Crippen molar-refractivity contribution in [3.8, 4) is 18.1 Å². The van der Waals surface area contributed by atoms with Crippen LogP contribution in [0.25, 0.3) is 0 Å². The number of rotatable bonds is 6. The zero-order chi connectivity index (χ0) is 11.8. The van der Waals surface area contributed by atoms with Gasteiger partial charge in [0.1, 0.15) is 19.0 Å². The minimum atomic E-state index is 0.307. The summed E-state index contributed by atoms with van der Waals surface area (Å²) in [6, 6.07) is 7.83. The summed E-state index contributed by atoms with van der Waals surface area (Å²) in [5, 5.41) is 0. The van der Waals surface area contributed by atoms with Crippen LogP contribution in [-0.4, -0.2) is 19.8 Å². The van der Waals surface area contributed by atoms with Crippen molar-refractivity contribution in [1.29, 1.82) is 0 Å². The van der Waals surface area contributed by atoms with E-state index in [0.29, 0.717) is 19.8 Å². The van der Waals surface area contributed by atoms with E-state index in [0.717, 1.165) is 14.9 Å². The molecule has 0 aliphatic heterocycles. The summed E-state index contributed by atoms with van der Waals surface area (Å²) >= 11 is 2.23. The van der Waals surface area contributed by atoms with Crippen LogP contribution in [0, 0.1) is 15.9 Å². The van der Waals surface area contributed by atoms with Crippen molar-refractivity contribution in [2.24, 2.45) is 0 Å². The number of hydrogen-bond acceptors (Lipinski definition) is 2. The first-order valence-corrected chi connectivity index (χ1v) is 5.87. The molecule has 0 amide bonds. The normalized spacial score (nSPS) is 9.50. The predicted molar refractivity (Wildman–Crippen MR) is 73.4 cm³/mol. The van der Waals surface area contributed by atoms with Gasteiger partial charge < -0.3 is 9.47 Å². The van der Waals surface area contributed by atoms with Crippen molar-refractivity contribution in [2.75, 3.05) is 19.8 Å². The van der Waals surface area contributed by atoms with E-state index in [1.807, 2.05) is 24.3 Å². The molecule has 0 atom stereocenters. The van der Waals surface area contributed by atoms with Crippen LogP contribution < -0.4 is 4.74 Å². The zero-order valence-electron chi connectivity index (χ0n) is 8.91. The van der Waals surface area contributed by atoms with Gasteiger partial charge >= 0.3 is 0 Å². The molecule has 0 aromatic heterocycles. The predicted octanol–water partition coefficient (Wildman–Crippen LogP) is 2.88. The highest BCUT2D eigenvalue weighted by Crippen LogP contribution is 2.19. The Balaban J connectivity index is 2.32. The molecule has 0 bridgehead atoms. The molecule has 1 aromatic rings. The number of ether oxygens (including phenoxy) is 2. The van der Waals surface area contributed by atoms with Gasteiger partial charge in [0.2, 0.25) is 0 Å². The van der Waals surface area contributed by atoms with Crippen molar-refractivity contribution in [3.05, 3.63) is 40.0 Å². The Kier molecular flexibility index (Phi) is 5.98. The molecule has 0 saturated carbocycles. The maximum Gasteiger partial charge on any atom is 0.133 e. The van der Waals surface area contributed by atoms with E-state index in [1.54, 1.807) is 0 Å². The van der Waals surface area contributed by atoms with Crippen molar-refractivity contribution in [3.63, 3.8) is 0 Å². The lowest BCUT2D eigenvalue weighted by atomic mass is 10.3. The molecule has 2 nitrogen and oxygen atoms in total. The fourth-order valence-electron chi connectivity index (χ4n) is 1.04. The fraction of sp³-hybridized carbons (Fsp3) is 0.231. The standard InChI is InChI=1S/C13H13IO2/c1-3-8-15-9-11(2)10-16-13-7-5-4-6-12(13)14/h1,4-7H,2,8-10H2. The molecule has 0 aliphatic rings. The second-order valence-corrected chi connectivity index (χ2v) is 4.33. The lowest BCUT2D eigenvalue weighted by molar-refractivity contribution is 0.182. The Bertz CT molecular complexity index is 393. The molecular weight excluding hydrogens is 315 g/mol. The van der Waals surface area contributed by atoms with Gasteiger partial charge in [-0.3, -0.25) is 0 Å². The number of benzene rings is 1. The summed E-state index contributed by atoms with van der Waals surface area (Å²) in [4.78, 5) is 0. The number of para-hydroxylation sites is 1. The minimum Gasteiger partial charge on any atom is -0.488 e. The first kappa shape index (κ1) is 13.1. The maximum atomic E-state index is 5.59. The SMILES string of the molecule is C#CCOCC(=C)COc1ccccc1I. The molecule has 84 valence electrons. The van der Waals surface area contributed by atoms with Crippen LogP contribution in [0.1, 0.15) is 0 Å². The molecule has 0 spiro atoms. The van der Waals surface area contributed by atoms with Crippen LogP contribution in [0.4, 0.5) is 0 Å². The Morgan fingerprint density at radius 2 is 2.12 bits per heavy atom. The Labute approximate surface area is 110 Å². The fourth-order valence-corrected chi connectivity index (χ4v) is 1.58. The molecule has 0 N–H and O–H groups in total. The smallest absolute Gasteiger partial charge is 0.133 e. The quantitative estimate of drug-likeness (QED) is 0.346. The molecule has 0 unspecified atom stereocenters. The third kappa shape index (κ3) is 4.69. The molecule has 16 heavy (non-hydrogen) atoms. The number of hydrogen-bond donors (Lipinski definition) is 0. The molecule has 0 radical (unpaired) electrons. The Morgan fingerprint density at radius 1 is 1.38 bits per heavy atom. The summed E-state index contributed by atoms with van der Waals surface area (Å²) < 4.78 is 11.8. The molecule has 1 rings (SSSR count). The first-order chi connectivity index (χ1) is 7.74. The van der Waals surface area contributed by atoms with Crippen molar-refractivity contribution >= 4 is 22.6 Å². The molecule has 0 heterocycles. The van der Waals surface area contributed by atoms with Gasteiger partial charge in [0, 0.05) is 0 Å². The molecule has 3 heteroatoms. The molecule has 0 fully saturated rings. The lowest BCUT2D eigenvalue weighted by Gasteiger charge is -2.09. The van der Waals surface area contributed by atoms with Crippen molar-refractivity contribution in [2.45, 2.75) is 0 Å². The zero-order valence-corrected chi connectivity index (χ0v) is 11.1. The summed E-state index contributed by atoms with van der Waals surface area (Å²) in [5.41, 5.74) is 0.870. The third-order valence-electron chi connectivity index (χ3n) is 1.76. The van der Waals surface area contributed by atoms with Crippen LogP contribution in [0.3, 0.4) is 0 Å². The van der Waals surface area contributed by atoms with Gasteiger partial charge in [-0.15, -0.1) is 6.42 Å². The van der Waals surface area contributed by atoms with Crippen molar-refractivity contribution in [1.82, 2.24) is 0 Å². The topological polar surface area (TPSA) is 18.5 Å². The number of terminal acetylenes is 1. The van der Waals surface area contributed by atoms with E-state index in [2.05, 4.69) is 35.1 Å². The van der Waals surface area contributed by atoms with Crippen LogP contribution in [0.5, 0.6) is 5.75 Å². The second kappa shape index (κ2) is 7.31. The molecule has 1 aromatic carbocycles. The van der Waals surface area contributed by atoms with Gasteiger partial charge in [0.25, 0.3) is 0 Å². The van der Waals surface area contributed by atoms with Gasteiger partial charge in [0.15, 0.2) is 0 Å².